The first kappa shape index (κ1) is 31.7. The average molecular weight is 602 g/mol. The quantitative estimate of drug-likeness (QED) is 0.113. The molecular weight excluding hydrogens is 562 g/mol. The third kappa shape index (κ3) is 9.39. The summed E-state index contributed by atoms with van der Waals surface area (Å²) in [6, 6.07) is 20.8. The van der Waals surface area contributed by atoms with Crippen molar-refractivity contribution in [3.8, 4) is 22.6 Å². The Balaban J connectivity index is 1.35. The molecule has 0 fully saturated rings. The second-order valence-corrected chi connectivity index (χ2v) is 11.3. The molecule has 1 amide bonds. The molecule has 3 aromatic carbocycles. The Bertz CT molecular complexity index is 1510. The maximum Gasteiger partial charge on any atom is 0.248 e. The van der Waals surface area contributed by atoms with Crippen LogP contribution in [0.2, 0.25) is 0 Å². The van der Waals surface area contributed by atoms with E-state index in [9.17, 15) is 9.00 Å². The lowest BCUT2D eigenvalue weighted by molar-refractivity contribution is -0.111. The van der Waals surface area contributed by atoms with Gasteiger partial charge in [0.25, 0.3) is 0 Å². The van der Waals surface area contributed by atoms with Crippen LogP contribution in [0.4, 0.5) is 5.69 Å². The number of hydrogen-bond donors (Lipinski definition) is 1. The molecule has 9 heteroatoms. The number of nitrogens with one attached hydrogen (secondary N) is 1. The van der Waals surface area contributed by atoms with Crippen LogP contribution in [0, 0.1) is 0 Å². The Kier molecular flexibility index (Phi) is 12.1. The number of anilines is 1. The fourth-order valence-corrected chi connectivity index (χ4v) is 5.54. The SMILES string of the molecule is CCCOCCOc1ccc(-c2ccc(OC)c(/C=C/C(=O)Nc3ccc(S(=O)Cc4cncn4CCC)cc3)c2)cc1. The summed E-state index contributed by atoms with van der Waals surface area (Å²) in [7, 11) is 0.387. The molecule has 0 aliphatic heterocycles. The van der Waals surface area contributed by atoms with Crippen LogP contribution < -0.4 is 14.8 Å². The van der Waals surface area contributed by atoms with Crippen molar-refractivity contribution < 1.29 is 23.2 Å². The Morgan fingerprint density at radius 1 is 0.953 bits per heavy atom. The van der Waals surface area contributed by atoms with Gasteiger partial charge in [-0.05, 0) is 78.6 Å². The van der Waals surface area contributed by atoms with E-state index >= 15 is 0 Å². The molecule has 1 N–H and O–H groups in total. The van der Waals surface area contributed by atoms with Gasteiger partial charge >= 0.3 is 0 Å². The molecule has 0 saturated carbocycles. The number of hydrogen-bond acceptors (Lipinski definition) is 6. The zero-order valence-corrected chi connectivity index (χ0v) is 25.8. The van der Waals surface area contributed by atoms with E-state index in [0.29, 0.717) is 35.3 Å². The van der Waals surface area contributed by atoms with Gasteiger partial charge in [-0.2, -0.15) is 0 Å². The van der Waals surface area contributed by atoms with Crippen LogP contribution in [-0.2, 0) is 32.6 Å². The van der Waals surface area contributed by atoms with Crippen LogP contribution in [0.25, 0.3) is 17.2 Å². The molecule has 43 heavy (non-hydrogen) atoms. The van der Waals surface area contributed by atoms with E-state index in [0.717, 1.165) is 54.1 Å². The molecular formula is C34H39N3O5S. The highest BCUT2D eigenvalue weighted by atomic mass is 32.2. The number of amides is 1. The predicted octanol–water partition coefficient (Wildman–Crippen LogP) is 6.73. The van der Waals surface area contributed by atoms with Crippen LogP contribution in [0.3, 0.4) is 0 Å². The first-order valence-electron chi connectivity index (χ1n) is 14.5. The van der Waals surface area contributed by atoms with Crippen LogP contribution in [0.5, 0.6) is 11.5 Å². The van der Waals surface area contributed by atoms with Crippen molar-refractivity contribution in [3.63, 3.8) is 0 Å². The first-order chi connectivity index (χ1) is 21.0. The van der Waals surface area contributed by atoms with Gasteiger partial charge in [-0.1, -0.05) is 32.0 Å². The molecule has 1 unspecified atom stereocenters. The molecule has 0 aliphatic carbocycles. The second kappa shape index (κ2) is 16.4. The highest BCUT2D eigenvalue weighted by Gasteiger charge is 2.10. The van der Waals surface area contributed by atoms with E-state index in [-0.39, 0.29) is 5.91 Å². The van der Waals surface area contributed by atoms with Gasteiger partial charge in [-0.25, -0.2) is 4.98 Å². The number of nitrogens with zero attached hydrogens (tertiary/aromatic N) is 2. The topological polar surface area (TPSA) is 91.7 Å². The van der Waals surface area contributed by atoms with Crippen molar-refractivity contribution in [1.82, 2.24) is 9.55 Å². The molecule has 0 bridgehead atoms. The Morgan fingerprint density at radius 2 is 1.72 bits per heavy atom. The minimum atomic E-state index is -1.22. The number of carbonyl (C=O) groups is 1. The monoisotopic (exact) mass is 601 g/mol. The van der Waals surface area contributed by atoms with Crippen molar-refractivity contribution >= 4 is 28.5 Å². The lowest BCUT2D eigenvalue weighted by atomic mass is 10.0. The van der Waals surface area contributed by atoms with Gasteiger partial charge in [0.1, 0.15) is 18.1 Å². The van der Waals surface area contributed by atoms with Crippen LogP contribution >= 0.6 is 0 Å². The molecule has 4 aromatic rings. The number of aryl methyl sites for hydroxylation is 1. The molecule has 1 atom stereocenters. The summed E-state index contributed by atoms with van der Waals surface area (Å²) >= 11 is 0. The highest BCUT2D eigenvalue weighted by Crippen LogP contribution is 2.29. The van der Waals surface area contributed by atoms with Gasteiger partial charge in [0.05, 0.1) is 42.3 Å². The van der Waals surface area contributed by atoms with E-state index in [4.69, 9.17) is 14.2 Å². The number of carbonyl (C=O) groups excluding carboxylic acids is 1. The molecule has 1 aromatic heterocycles. The summed E-state index contributed by atoms with van der Waals surface area (Å²) in [6.07, 6.45) is 8.71. The normalized spacial score (nSPS) is 11.9. The second-order valence-electron chi connectivity index (χ2n) is 9.86. The third-order valence-electron chi connectivity index (χ3n) is 6.60. The van der Waals surface area contributed by atoms with Gasteiger partial charge in [0, 0.05) is 41.6 Å². The third-order valence-corrected chi connectivity index (χ3v) is 7.96. The number of benzene rings is 3. The zero-order valence-electron chi connectivity index (χ0n) is 25.0. The molecule has 0 radical (unpaired) electrons. The average Bonchev–Trinajstić information content (AvgIpc) is 3.46. The molecule has 0 saturated heterocycles. The molecule has 0 spiro atoms. The van der Waals surface area contributed by atoms with Crippen molar-refractivity contribution in [3.05, 3.63) is 96.6 Å². The fourth-order valence-electron chi connectivity index (χ4n) is 4.42. The molecule has 0 aliphatic rings. The maximum absolute atomic E-state index is 12.9. The lowest BCUT2D eigenvalue weighted by Crippen LogP contribution is -2.08. The van der Waals surface area contributed by atoms with Gasteiger partial charge in [-0.3, -0.25) is 9.00 Å². The number of methoxy groups -OCH3 is 1. The summed E-state index contributed by atoms with van der Waals surface area (Å²) in [6.45, 7) is 6.83. The fraction of sp³-hybridized carbons (Fsp3) is 0.294. The summed E-state index contributed by atoms with van der Waals surface area (Å²) in [5, 5.41) is 2.87. The molecule has 226 valence electrons. The standard InChI is InChI=1S/C34H39N3O5S/c1-4-18-37-25-35-23-30(37)24-43(39)32-14-10-29(11-15-32)36-34(38)17-9-28-22-27(8-16-33(28)40-3)26-6-12-31(13-7-26)42-21-20-41-19-5-2/h6-17,22-23,25H,4-5,18-21,24H2,1-3H3,(H,36,38)/b17-9+. The van der Waals surface area contributed by atoms with E-state index in [1.807, 2.05) is 47.0 Å². The van der Waals surface area contributed by atoms with E-state index in [1.165, 1.54) is 6.08 Å². The highest BCUT2D eigenvalue weighted by molar-refractivity contribution is 7.84. The molecule has 4 rings (SSSR count). The Morgan fingerprint density at radius 3 is 2.44 bits per heavy atom. The van der Waals surface area contributed by atoms with Gasteiger partial charge in [0.2, 0.25) is 5.91 Å². The Labute approximate surface area is 256 Å². The van der Waals surface area contributed by atoms with Gasteiger partial charge < -0.3 is 24.1 Å². The zero-order chi connectivity index (χ0) is 30.4. The number of imidazole rings is 1. The van der Waals surface area contributed by atoms with Crippen molar-refractivity contribution in [2.75, 3.05) is 32.2 Å². The molecule has 1 heterocycles. The van der Waals surface area contributed by atoms with E-state index in [2.05, 4.69) is 24.1 Å². The van der Waals surface area contributed by atoms with Crippen molar-refractivity contribution in [2.24, 2.45) is 0 Å². The minimum Gasteiger partial charge on any atom is -0.496 e. The number of rotatable bonds is 16. The van der Waals surface area contributed by atoms with Crippen LogP contribution in [0.15, 0.2) is 90.2 Å². The summed E-state index contributed by atoms with van der Waals surface area (Å²) in [5.74, 6) is 1.55. The van der Waals surface area contributed by atoms with Gasteiger partial charge in [0.15, 0.2) is 0 Å². The first-order valence-corrected chi connectivity index (χ1v) is 15.8. The smallest absolute Gasteiger partial charge is 0.248 e. The molecule has 8 nitrogen and oxygen atoms in total. The largest absolute Gasteiger partial charge is 0.496 e. The van der Waals surface area contributed by atoms with Crippen LogP contribution in [-0.4, -0.2) is 46.6 Å². The van der Waals surface area contributed by atoms with Crippen LogP contribution in [0.1, 0.15) is 37.9 Å². The predicted molar refractivity (Wildman–Crippen MR) is 172 cm³/mol. The number of ether oxygens (including phenoxy) is 3. The van der Waals surface area contributed by atoms with E-state index < -0.39 is 10.8 Å². The maximum atomic E-state index is 12.9. The van der Waals surface area contributed by atoms with Gasteiger partial charge in [-0.15, -0.1) is 0 Å². The minimum absolute atomic E-state index is 0.283. The summed E-state index contributed by atoms with van der Waals surface area (Å²) < 4.78 is 31.7. The summed E-state index contributed by atoms with van der Waals surface area (Å²) in [4.78, 5) is 17.6. The van der Waals surface area contributed by atoms with Crippen molar-refractivity contribution in [2.45, 2.75) is 43.9 Å². The number of aromatic nitrogens is 2. The summed E-state index contributed by atoms with van der Waals surface area (Å²) in [5.41, 5.74) is 4.34. The Hall–Kier alpha value is -4.21. The lowest BCUT2D eigenvalue weighted by Gasteiger charge is -2.10. The van der Waals surface area contributed by atoms with Crippen molar-refractivity contribution in [1.29, 1.82) is 0 Å². The van der Waals surface area contributed by atoms with E-state index in [1.54, 1.807) is 50.0 Å².